The van der Waals surface area contributed by atoms with E-state index in [9.17, 15) is 27.6 Å². The summed E-state index contributed by atoms with van der Waals surface area (Å²) < 4.78 is 47.2. The number of amides is 1. The molecule has 0 spiro atoms. The number of aromatic nitrogens is 3. The third kappa shape index (κ3) is 6.32. The molecule has 2 aromatic heterocycles. The number of rotatable bonds is 9. The number of hydrogen-bond donors (Lipinski definition) is 1. The molecule has 1 aliphatic rings. The van der Waals surface area contributed by atoms with Crippen LogP contribution in [0.5, 0.6) is 5.75 Å². The van der Waals surface area contributed by atoms with Crippen molar-refractivity contribution in [3.63, 3.8) is 0 Å². The SMILES string of the molecule is CCCn1c(=O)c2[nH]c(-c3ccc(OCC(=O)N4CCN(c5ccc(C(F)(F)F)cc5)CC4)cc3)cc2n(CCC)c1=O. The lowest BCUT2D eigenvalue weighted by Crippen LogP contribution is -2.50. The van der Waals surface area contributed by atoms with Gasteiger partial charge in [0.05, 0.1) is 11.1 Å². The number of nitrogens with zero attached hydrogens (tertiary/aromatic N) is 4. The van der Waals surface area contributed by atoms with E-state index in [1.807, 2.05) is 36.9 Å². The van der Waals surface area contributed by atoms with Crippen molar-refractivity contribution in [2.45, 2.75) is 46.0 Å². The fraction of sp³-hybridized carbons (Fsp3) is 0.387. The van der Waals surface area contributed by atoms with E-state index in [0.717, 1.165) is 24.1 Å². The highest BCUT2D eigenvalue weighted by atomic mass is 19.4. The quantitative estimate of drug-likeness (QED) is 0.302. The molecule has 4 aromatic rings. The highest BCUT2D eigenvalue weighted by molar-refractivity contribution is 5.82. The van der Waals surface area contributed by atoms with Crippen LogP contribution in [0.4, 0.5) is 18.9 Å². The first kappa shape index (κ1) is 30.0. The molecule has 0 bridgehead atoms. The van der Waals surface area contributed by atoms with Gasteiger partial charge in [-0.25, -0.2) is 4.79 Å². The minimum absolute atomic E-state index is 0.147. The average Bonchev–Trinajstić information content (AvgIpc) is 3.46. The molecule has 12 heteroatoms. The first-order valence-corrected chi connectivity index (χ1v) is 14.4. The Balaban J connectivity index is 1.20. The Morgan fingerprint density at radius 1 is 0.884 bits per heavy atom. The zero-order chi connectivity index (χ0) is 30.7. The van der Waals surface area contributed by atoms with Gasteiger partial charge in [0.15, 0.2) is 6.61 Å². The van der Waals surface area contributed by atoms with Crippen molar-refractivity contribution in [2.75, 3.05) is 37.7 Å². The lowest BCUT2D eigenvalue weighted by atomic mass is 10.1. The van der Waals surface area contributed by atoms with Gasteiger partial charge in [0.2, 0.25) is 0 Å². The van der Waals surface area contributed by atoms with E-state index in [2.05, 4.69) is 4.98 Å². The molecule has 0 radical (unpaired) electrons. The van der Waals surface area contributed by atoms with Crippen molar-refractivity contribution >= 4 is 22.6 Å². The zero-order valence-corrected chi connectivity index (χ0v) is 24.1. The van der Waals surface area contributed by atoms with Crippen molar-refractivity contribution in [3.8, 4) is 17.0 Å². The Morgan fingerprint density at radius 3 is 2.12 bits per heavy atom. The second-order valence-electron chi connectivity index (χ2n) is 10.6. The van der Waals surface area contributed by atoms with Crippen molar-refractivity contribution in [2.24, 2.45) is 0 Å². The summed E-state index contributed by atoms with van der Waals surface area (Å²) in [5, 5.41) is 0. The number of aromatic amines is 1. The number of alkyl halides is 3. The molecule has 0 unspecified atom stereocenters. The smallest absolute Gasteiger partial charge is 0.416 e. The van der Waals surface area contributed by atoms with Crippen LogP contribution < -0.4 is 20.9 Å². The summed E-state index contributed by atoms with van der Waals surface area (Å²) in [6, 6.07) is 14.0. The van der Waals surface area contributed by atoms with E-state index in [1.54, 1.807) is 21.6 Å². The lowest BCUT2D eigenvalue weighted by Gasteiger charge is -2.36. The maximum absolute atomic E-state index is 13.0. The Kier molecular flexibility index (Phi) is 8.65. The first-order chi connectivity index (χ1) is 20.6. The molecule has 5 rings (SSSR count). The van der Waals surface area contributed by atoms with Gasteiger partial charge in [-0.3, -0.25) is 18.7 Å². The number of nitrogens with one attached hydrogen (secondary N) is 1. The molecule has 1 fully saturated rings. The second-order valence-corrected chi connectivity index (χ2v) is 10.6. The molecule has 228 valence electrons. The number of carbonyl (C=O) groups is 1. The number of piperazine rings is 1. The van der Waals surface area contributed by atoms with E-state index in [0.29, 0.717) is 73.9 Å². The van der Waals surface area contributed by atoms with E-state index in [4.69, 9.17) is 4.74 Å². The van der Waals surface area contributed by atoms with Crippen LogP contribution in [0.15, 0.2) is 64.2 Å². The number of aryl methyl sites for hydroxylation is 1. The number of ether oxygens (including phenoxy) is 1. The van der Waals surface area contributed by atoms with Crippen LogP contribution in [-0.2, 0) is 24.1 Å². The van der Waals surface area contributed by atoms with Crippen LogP contribution in [0.25, 0.3) is 22.3 Å². The molecule has 2 aromatic carbocycles. The Morgan fingerprint density at radius 2 is 1.51 bits per heavy atom. The van der Waals surface area contributed by atoms with Gasteiger partial charge in [0, 0.05) is 50.6 Å². The van der Waals surface area contributed by atoms with Crippen LogP contribution in [0, 0.1) is 0 Å². The summed E-state index contributed by atoms with van der Waals surface area (Å²) in [6.07, 6.45) is -2.96. The van der Waals surface area contributed by atoms with Gasteiger partial charge in [-0.05, 0) is 73.0 Å². The van der Waals surface area contributed by atoms with E-state index in [1.165, 1.54) is 16.7 Å². The summed E-state index contributed by atoms with van der Waals surface area (Å²) >= 11 is 0. The van der Waals surface area contributed by atoms with Crippen LogP contribution in [0.3, 0.4) is 0 Å². The lowest BCUT2D eigenvalue weighted by molar-refractivity contribution is -0.137. The predicted molar refractivity (Wildman–Crippen MR) is 159 cm³/mol. The van der Waals surface area contributed by atoms with Crippen molar-refractivity contribution in [3.05, 3.63) is 81.0 Å². The Bertz CT molecular complexity index is 1700. The summed E-state index contributed by atoms with van der Waals surface area (Å²) in [7, 11) is 0. The maximum Gasteiger partial charge on any atom is 0.416 e. The third-order valence-electron chi connectivity index (χ3n) is 7.62. The minimum Gasteiger partial charge on any atom is -0.484 e. The fourth-order valence-electron chi connectivity index (χ4n) is 5.35. The standard InChI is InChI=1S/C31H34F3N5O4/c1-3-13-38-26-19-25(35-28(26)29(41)39(14-4-2)30(38)42)21-5-11-24(12-6-21)43-20-27(40)37-17-15-36(16-18-37)23-9-7-22(8-10-23)31(32,33)34/h5-12,19,35H,3-4,13-18,20H2,1-2H3. The molecule has 1 N–H and O–H groups in total. The summed E-state index contributed by atoms with van der Waals surface area (Å²) in [4.78, 5) is 45.6. The van der Waals surface area contributed by atoms with Gasteiger partial charge >= 0.3 is 11.9 Å². The molecule has 43 heavy (non-hydrogen) atoms. The number of fused-ring (bicyclic) bond motifs is 1. The van der Waals surface area contributed by atoms with Gasteiger partial charge in [0.25, 0.3) is 11.5 Å². The highest BCUT2D eigenvalue weighted by Crippen LogP contribution is 2.31. The number of anilines is 1. The number of hydrogen-bond acceptors (Lipinski definition) is 5. The number of benzene rings is 2. The molecule has 9 nitrogen and oxygen atoms in total. The highest BCUT2D eigenvalue weighted by Gasteiger charge is 2.30. The van der Waals surface area contributed by atoms with Gasteiger partial charge in [-0.1, -0.05) is 13.8 Å². The summed E-state index contributed by atoms with van der Waals surface area (Å²) in [6.45, 7) is 6.49. The topological polar surface area (TPSA) is 92.6 Å². The van der Waals surface area contributed by atoms with E-state index >= 15 is 0 Å². The minimum atomic E-state index is -4.37. The van der Waals surface area contributed by atoms with Crippen molar-refractivity contribution in [1.82, 2.24) is 19.0 Å². The number of H-pyrrole nitrogens is 1. The molecule has 1 aliphatic heterocycles. The van der Waals surface area contributed by atoms with Crippen LogP contribution in [-0.4, -0.2) is 57.7 Å². The normalized spacial score (nSPS) is 14.0. The summed E-state index contributed by atoms with van der Waals surface area (Å²) in [5.41, 5.74) is 1.81. The molecule has 0 atom stereocenters. The van der Waals surface area contributed by atoms with Gasteiger partial charge in [-0.2, -0.15) is 13.2 Å². The molecule has 3 heterocycles. The molecular formula is C31H34F3N5O4. The third-order valence-corrected chi connectivity index (χ3v) is 7.62. The van der Waals surface area contributed by atoms with Crippen molar-refractivity contribution < 1.29 is 22.7 Å². The van der Waals surface area contributed by atoms with Gasteiger partial charge in [0.1, 0.15) is 11.3 Å². The van der Waals surface area contributed by atoms with E-state index < -0.39 is 11.7 Å². The average molecular weight is 598 g/mol. The Labute approximate surface area is 246 Å². The fourth-order valence-corrected chi connectivity index (χ4v) is 5.35. The molecule has 1 saturated heterocycles. The van der Waals surface area contributed by atoms with E-state index in [-0.39, 0.29) is 23.8 Å². The van der Waals surface area contributed by atoms with Crippen LogP contribution in [0.1, 0.15) is 32.3 Å². The Hall–Kier alpha value is -4.48. The maximum atomic E-state index is 13.0. The number of carbonyl (C=O) groups excluding carboxylic acids is 1. The molecular weight excluding hydrogens is 563 g/mol. The predicted octanol–water partition coefficient (Wildman–Crippen LogP) is 4.72. The molecule has 0 saturated carbocycles. The van der Waals surface area contributed by atoms with Gasteiger partial charge in [-0.15, -0.1) is 0 Å². The first-order valence-electron chi connectivity index (χ1n) is 14.4. The van der Waals surface area contributed by atoms with Gasteiger partial charge < -0.3 is 19.5 Å². The van der Waals surface area contributed by atoms with Crippen LogP contribution in [0.2, 0.25) is 0 Å². The monoisotopic (exact) mass is 597 g/mol. The van der Waals surface area contributed by atoms with Crippen LogP contribution >= 0.6 is 0 Å². The second kappa shape index (κ2) is 12.4. The molecule has 0 aliphatic carbocycles. The number of halogens is 3. The summed E-state index contributed by atoms with van der Waals surface area (Å²) in [5.74, 6) is 0.328. The largest absolute Gasteiger partial charge is 0.484 e. The molecule has 1 amide bonds. The zero-order valence-electron chi connectivity index (χ0n) is 24.1. The van der Waals surface area contributed by atoms with Crippen molar-refractivity contribution in [1.29, 1.82) is 0 Å².